The van der Waals surface area contributed by atoms with Gasteiger partial charge in [-0.15, -0.1) is 0 Å². The number of nitro groups is 1. The number of aromatic nitrogens is 2. The number of thiocarbonyl (C=S) groups is 1. The number of anilines is 2. The molecule has 1 aromatic heterocycles. The summed E-state index contributed by atoms with van der Waals surface area (Å²) in [5.74, 6) is -0.127. The van der Waals surface area contributed by atoms with Gasteiger partial charge in [0.1, 0.15) is 30.1 Å². The van der Waals surface area contributed by atoms with E-state index in [0.29, 0.717) is 36.0 Å². The smallest absolute Gasteiger partial charge is 0.414 e. The Kier molecular flexibility index (Phi) is 6.67. The Balaban J connectivity index is 1.55. The Hall–Kier alpha value is -3.41. The summed E-state index contributed by atoms with van der Waals surface area (Å²) in [5.41, 5.74) is 0.454. The Morgan fingerprint density at radius 3 is 2.80 bits per heavy atom. The molecule has 0 aliphatic carbocycles. The van der Waals surface area contributed by atoms with E-state index in [0.717, 1.165) is 12.4 Å². The van der Waals surface area contributed by atoms with Gasteiger partial charge in [-0.25, -0.2) is 19.2 Å². The molecule has 1 atom stereocenters. The molecular formula is C18H19FN6O4S. The van der Waals surface area contributed by atoms with E-state index in [4.69, 9.17) is 17.0 Å². The number of benzene rings is 1. The summed E-state index contributed by atoms with van der Waals surface area (Å²) in [7, 11) is 0. The van der Waals surface area contributed by atoms with E-state index in [1.165, 1.54) is 17.0 Å². The molecule has 1 aromatic carbocycles. The number of carbonyl (C=O) groups is 1. The Morgan fingerprint density at radius 2 is 2.17 bits per heavy atom. The maximum Gasteiger partial charge on any atom is 0.414 e. The van der Waals surface area contributed by atoms with Crippen LogP contribution in [0.5, 0.6) is 0 Å². The van der Waals surface area contributed by atoms with Crippen LogP contribution >= 0.6 is 12.2 Å². The Morgan fingerprint density at radius 1 is 1.43 bits per heavy atom. The molecule has 1 saturated heterocycles. The molecule has 1 aliphatic rings. The van der Waals surface area contributed by atoms with Crippen molar-refractivity contribution in [2.24, 2.45) is 0 Å². The van der Waals surface area contributed by atoms with Crippen LogP contribution in [-0.2, 0) is 11.2 Å². The molecule has 1 unspecified atom stereocenters. The molecule has 10 nitrogen and oxygen atoms in total. The highest BCUT2D eigenvalue weighted by atomic mass is 32.1. The van der Waals surface area contributed by atoms with Gasteiger partial charge in [-0.05, 0) is 25.1 Å². The summed E-state index contributed by atoms with van der Waals surface area (Å²) in [5, 5.41) is 16.5. The van der Waals surface area contributed by atoms with Gasteiger partial charge in [0.2, 0.25) is 0 Å². The van der Waals surface area contributed by atoms with Crippen molar-refractivity contribution in [1.29, 1.82) is 0 Å². The van der Waals surface area contributed by atoms with E-state index in [9.17, 15) is 19.3 Å². The number of halogens is 1. The SMILES string of the molecule is CC(=S)NCC1CN(c2ccc(NCCc3ncc([N+](=O)[O-])cn3)c(F)c2)C(=O)O1. The summed E-state index contributed by atoms with van der Waals surface area (Å²) in [6.07, 6.45) is 1.69. The number of nitrogens with zero attached hydrogens (tertiary/aromatic N) is 4. The first-order chi connectivity index (χ1) is 14.3. The summed E-state index contributed by atoms with van der Waals surface area (Å²) in [4.78, 5) is 31.9. The molecule has 2 N–H and O–H groups in total. The zero-order valence-electron chi connectivity index (χ0n) is 16.0. The maximum atomic E-state index is 14.5. The van der Waals surface area contributed by atoms with Gasteiger partial charge in [-0.3, -0.25) is 15.0 Å². The lowest BCUT2D eigenvalue weighted by Gasteiger charge is -2.15. The maximum absolute atomic E-state index is 14.5. The number of hydrogen-bond acceptors (Lipinski definition) is 8. The topological polar surface area (TPSA) is 123 Å². The van der Waals surface area contributed by atoms with Crippen molar-refractivity contribution >= 4 is 40.4 Å². The Labute approximate surface area is 176 Å². The molecule has 12 heteroatoms. The quantitative estimate of drug-likeness (QED) is 0.366. The van der Waals surface area contributed by atoms with Gasteiger partial charge in [0, 0.05) is 13.0 Å². The molecular weight excluding hydrogens is 415 g/mol. The number of cyclic esters (lactones) is 1. The van der Waals surface area contributed by atoms with Crippen molar-refractivity contribution in [3.8, 4) is 0 Å². The molecule has 1 aliphatic heterocycles. The average molecular weight is 434 g/mol. The highest BCUT2D eigenvalue weighted by molar-refractivity contribution is 7.80. The second-order valence-corrected chi connectivity index (χ2v) is 7.12. The van der Waals surface area contributed by atoms with Crippen molar-refractivity contribution in [3.63, 3.8) is 0 Å². The van der Waals surface area contributed by atoms with Crippen LogP contribution < -0.4 is 15.5 Å². The molecule has 158 valence electrons. The average Bonchev–Trinajstić information content (AvgIpc) is 3.08. The van der Waals surface area contributed by atoms with Gasteiger partial charge in [0.05, 0.1) is 34.4 Å². The zero-order chi connectivity index (χ0) is 21.7. The number of carbonyl (C=O) groups excluding carboxylic acids is 1. The van der Waals surface area contributed by atoms with E-state index < -0.39 is 16.8 Å². The zero-order valence-corrected chi connectivity index (χ0v) is 16.8. The van der Waals surface area contributed by atoms with Crippen molar-refractivity contribution in [3.05, 3.63) is 52.3 Å². The van der Waals surface area contributed by atoms with Gasteiger partial charge in [0.15, 0.2) is 0 Å². The minimum atomic E-state index is -0.577. The molecule has 0 saturated carbocycles. The van der Waals surface area contributed by atoms with Crippen LogP contribution in [0.3, 0.4) is 0 Å². The molecule has 3 rings (SSSR count). The number of ether oxygens (including phenoxy) is 1. The van der Waals surface area contributed by atoms with E-state index in [2.05, 4.69) is 20.6 Å². The van der Waals surface area contributed by atoms with Crippen LogP contribution in [0.25, 0.3) is 0 Å². The second kappa shape index (κ2) is 9.39. The van der Waals surface area contributed by atoms with Gasteiger partial charge in [-0.2, -0.15) is 0 Å². The fourth-order valence-corrected chi connectivity index (χ4v) is 2.88. The van der Waals surface area contributed by atoms with Crippen molar-refractivity contribution in [2.45, 2.75) is 19.4 Å². The normalized spacial score (nSPS) is 15.6. The van der Waals surface area contributed by atoms with Gasteiger partial charge >= 0.3 is 11.8 Å². The molecule has 1 fully saturated rings. The van der Waals surface area contributed by atoms with Crippen LogP contribution in [0.2, 0.25) is 0 Å². The molecule has 2 aromatic rings. The molecule has 2 heterocycles. The van der Waals surface area contributed by atoms with Crippen LogP contribution in [0.15, 0.2) is 30.6 Å². The second-order valence-electron chi connectivity index (χ2n) is 6.51. The van der Waals surface area contributed by atoms with Gasteiger partial charge in [0.25, 0.3) is 0 Å². The number of nitrogens with one attached hydrogen (secondary N) is 2. The van der Waals surface area contributed by atoms with Gasteiger partial charge in [-0.1, -0.05) is 12.2 Å². The first kappa shape index (κ1) is 21.3. The lowest BCUT2D eigenvalue weighted by molar-refractivity contribution is -0.385. The van der Waals surface area contributed by atoms with Crippen LogP contribution in [-0.4, -0.2) is 51.7 Å². The van der Waals surface area contributed by atoms with E-state index >= 15 is 0 Å². The minimum Gasteiger partial charge on any atom is -0.442 e. The summed E-state index contributed by atoms with van der Waals surface area (Å²) in [6.45, 7) is 2.74. The highest BCUT2D eigenvalue weighted by Crippen LogP contribution is 2.26. The summed E-state index contributed by atoms with van der Waals surface area (Å²) < 4.78 is 19.7. The van der Waals surface area contributed by atoms with Crippen molar-refractivity contribution < 1.29 is 18.8 Å². The van der Waals surface area contributed by atoms with E-state index in [1.54, 1.807) is 13.0 Å². The van der Waals surface area contributed by atoms with E-state index in [-0.39, 0.29) is 24.0 Å². The third-order valence-electron chi connectivity index (χ3n) is 4.28. The third kappa shape index (κ3) is 5.35. The predicted molar refractivity (Wildman–Crippen MR) is 111 cm³/mol. The number of amides is 1. The number of rotatable bonds is 8. The van der Waals surface area contributed by atoms with Crippen molar-refractivity contribution in [1.82, 2.24) is 15.3 Å². The largest absolute Gasteiger partial charge is 0.442 e. The first-order valence-corrected chi connectivity index (χ1v) is 9.45. The number of hydrogen-bond donors (Lipinski definition) is 2. The van der Waals surface area contributed by atoms with Crippen molar-refractivity contribution in [2.75, 3.05) is 29.9 Å². The fraction of sp³-hybridized carbons (Fsp3) is 0.333. The lowest BCUT2D eigenvalue weighted by Crippen LogP contribution is -2.32. The minimum absolute atomic E-state index is 0.191. The van der Waals surface area contributed by atoms with Crippen LogP contribution in [0.4, 0.5) is 26.2 Å². The molecule has 1 amide bonds. The summed E-state index contributed by atoms with van der Waals surface area (Å²) >= 11 is 4.94. The predicted octanol–water partition coefficient (Wildman–Crippen LogP) is 2.44. The standard InChI is InChI=1S/C18H19FN6O4S/c1-11(30)21-9-14-10-24(18(26)29-14)12-2-3-16(15(19)6-12)20-5-4-17-22-7-13(8-23-17)25(27)28/h2-3,6-8,14,20H,4-5,9-10H2,1H3,(H,21,30). The molecule has 0 bridgehead atoms. The molecule has 30 heavy (non-hydrogen) atoms. The van der Waals surface area contributed by atoms with Crippen LogP contribution in [0, 0.1) is 15.9 Å². The van der Waals surface area contributed by atoms with Crippen LogP contribution in [0.1, 0.15) is 12.7 Å². The first-order valence-electron chi connectivity index (χ1n) is 9.05. The summed E-state index contributed by atoms with van der Waals surface area (Å²) in [6, 6.07) is 4.41. The lowest BCUT2D eigenvalue weighted by atomic mass is 10.2. The third-order valence-corrected chi connectivity index (χ3v) is 4.43. The fourth-order valence-electron chi connectivity index (χ4n) is 2.79. The Bertz CT molecular complexity index is 958. The molecule has 0 spiro atoms. The van der Waals surface area contributed by atoms with Gasteiger partial charge < -0.3 is 15.4 Å². The highest BCUT2D eigenvalue weighted by Gasteiger charge is 2.32. The molecule has 0 radical (unpaired) electrons. The van der Waals surface area contributed by atoms with E-state index in [1.807, 2.05) is 0 Å². The monoisotopic (exact) mass is 434 g/mol.